The maximum atomic E-state index is 9.94. The van der Waals surface area contributed by atoms with Gasteiger partial charge in [-0.3, -0.25) is 4.90 Å². The van der Waals surface area contributed by atoms with E-state index in [1.807, 2.05) is 18.2 Å². The summed E-state index contributed by atoms with van der Waals surface area (Å²) in [6, 6.07) is 10.1. The predicted molar refractivity (Wildman–Crippen MR) is 85.8 cm³/mol. The van der Waals surface area contributed by atoms with Crippen LogP contribution in [0, 0.1) is 0 Å². The van der Waals surface area contributed by atoms with Gasteiger partial charge in [0.2, 0.25) is 0 Å². The first-order valence-electron chi connectivity index (χ1n) is 6.37. The van der Waals surface area contributed by atoms with Gasteiger partial charge in [0.15, 0.2) is 0 Å². The van der Waals surface area contributed by atoms with Crippen molar-refractivity contribution in [2.75, 3.05) is 13.1 Å². The molecular formula is C11H21B4NO2. The van der Waals surface area contributed by atoms with Gasteiger partial charge in [0.1, 0.15) is 31.4 Å². The van der Waals surface area contributed by atoms with Crippen LogP contribution >= 0.6 is 0 Å². The van der Waals surface area contributed by atoms with Crippen molar-refractivity contribution in [3.05, 3.63) is 35.9 Å². The highest BCUT2D eigenvalue weighted by atomic mass is 16.3. The number of hydrogen-bond acceptors (Lipinski definition) is 3. The molecule has 0 aliphatic heterocycles. The molecule has 1 aromatic rings. The predicted octanol–water partition coefficient (Wildman–Crippen LogP) is -3.69. The number of benzene rings is 1. The van der Waals surface area contributed by atoms with Crippen LogP contribution in [0.25, 0.3) is 0 Å². The Hall–Kier alpha value is -0.640. The Labute approximate surface area is 113 Å². The maximum Gasteiger partial charge on any atom is 0.133 e. The van der Waals surface area contributed by atoms with Gasteiger partial charge >= 0.3 is 0 Å². The summed E-state index contributed by atoms with van der Waals surface area (Å²) in [4.78, 5) is 2.08. The van der Waals surface area contributed by atoms with E-state index in [9.17, 15) is 10.2 Å². The molecule has 0 saturated carbocycles. The largest absolute Gasteiger partial charge is 0.406 e. The quantitative estimate of drug-likeness (QED) is 0.505. The smallest absolute Gasteiger partial charge is 0.133 e. The van der Waals surface area contributed by atoms with Gasteiger partial charge < -0.3 is 10.2 Å². The molecule has 3 nitrogen and oxygen atoms in total. The number of hydrogen-bond donors (Lipinski definition) is 2. The molecule has 7 heteroatoms. The van der Waals surface area contributed by atoms with Gasteiger partial charge in [0.05, 0.1) is 0 Å². The molecule has 0 aromatic heterocycles. The molecular weight excluding hydrogens is 221 g/mol. The Bertz CT molecular complexity index is 346. The highest BCUT2D eigenvalue weighted by Crippen LogP contribution is 2.09. The Kier molecular flexibility index (Phi) is 5.14. The summed E-state index contributed by atoms with van der Waals surface area (Å²) in [5.41, 5.74) is 1.19. The van der Waals surface area contributed by atoms with Gasteiger partial charge in [-0.05, 0) is 5.56 Å². The molecule has 0 saturated heterocycles. The van der Waals surface area contributed by atoms with Gasteiger partial charge in [0.25, 0.3) is 0 Å². The molecule has 0 aliphatic carbocycles. The monoisotopic (exact) mass is 243 g/mol. The van der Waals surface area contributed by atoms with E-state index in [1.54, 1.807) is 31.4 Å². The van der Waals surface area contributed by atoms with Crippen molar-refractivity contribution in [1.29, 1.82) is 0 Å². The second-order valence-corrected chi connectivity index (χ2v) is 6.26. The zero-order valence-corrected chi connectivity index (χ0v) is 11.8. The highest BCUT2D eigenvalue weighted by molar-refractivity contribution is 6.39. The van der Waals surface area contributed by atoms with Crippen LogP contribution in [0.15, 0.2) is 30.3 Å². The highest BCUT2D eigenvalue weighted by Gasteiger charge is 2.23. The molecule has 0 radical (unpaired) electrons. The van der Waals surface area contributed by atoms with Crippen LogP contribution in [-0.2, 0) is 6.54 Å². The lowest BCUT2D eigenvalue weighted by atomic mass is 9.63. The zero-order valence-electron chi connectivity index (χ0n) is 11.8. The second-order valence-electron chi connectivity index (χ2n) is 6.26. The van der Waals surface area contributed by atoms with E-state index < -0.39 is 10.8 Å². The van der Waals surface area contributed by atoms with Crippen LogP contribution in [0.5, 0.6) is 0 Å². The van der Waals surface area contributed by atoms with Crippen LogP contribution in [0.3, 0.4) is 0 Å². The van der Waals surface area contributed by atoms with Gasteiger partial charge in [-0.1, -0.05) is 30.3 Å². The van der Waals surface area contributed by atoms with E-state index >= 15 is 0 Å². The fourth-order valence-corrected chi connectivity index (χ4v) is 2.10. The van der Waals surface area contributed by atoms with E-state index in [0.717, 1.165) is 6.54 Å². The Morgan fingerprint density at radius 2 is 1.33 bits per heavy atom. The normalized spacial score (nSPS) is 12.8. The Balaban J connectivity index is 2.72. The van der Waals surface area contributed by atoms with Crippen LogP contribution in [-0.4, -0.2) is 70.4 Å². The van der Waals surface area contributed by atoms with Crippen molar-refractivity contribution in [3.63, 3.8) is 0 Å². The number of rotatable bonds is 6. The van der Waals surface area contributed by atoms with Crippen molar-refractivity contribution in [2.24, 2.45) is 0 Å². The molecule has 0 aliphatic rings. The van der Waals surface area contributed by atoms with Crippen molar-refractivity contribution in [1.82, 2.24) is 4.90 Å². The maximum absolute atomic E-state index is 9.94. The van der Waals surface area contributed by atoms with Gasteiger partial charge in [-0.15, -0.1) is 0 Å². The standard InChI is InChI=1S/C11H21B4NO2/c12-10(13,17)7-16(8-11(14,15)18)6-9-4-2-1-3-5-9/h1-5,17-18H,6-8,12-15H2. The van der Waals surface area contributed by atoms with Gasteiger partial charge in [-0.2, -0.15) is 0 Å². The third kappa shape index (κ3) is 6.94. The van der Waals surface area contributed by atoms with E-state index in [1.165, 1.54) is 5.56 Å². The first-order valence-corrected chi connectivity index (χ1v) is 6.37. The van der Waals surface area contributed by atoms with Crippen molar-refractivity contribution in [3.8, 4) is 0 Å². The summed E-state index contributed by atoms with van der Waals surface area (Å²) in [6.07, 6.45) is 0. The van der Waals surface area contributed by atoms with Gasteiger partial charge in [0, 0.05) is 30.4 Å². The van der Waals surface area contributed by atoms with Crippen LogP contribution in [0.4, 0.5) is 0 Å². The lowest BCUT2D eigenvalue weighted by Gasteiger charge is -2.33. The third-order valence-corrected chi connectivity index (χ3v) is 2.47. The molecule has 1 rings (SSSR count). The van der Waals surface area contributed by atoms with E-state index in [2.05, 4.69) is 17.0 Å². The molecule has 18 heavy (non-hydrogen) atoms. The first kappa shape index (κ1) is 15.4. The molecule has 1 aromatic carbocycles. The van der Waals surface area contributed by atoms with Crippen molar-refractivity contribution < 1.29 is 10.2 Å². The average molecular weight is 243 g/mol. The number of nitrogens with zero attached hydrogens (tertiary/aromatic N) is 1. The lowest BCUT2D eigenvalue weighted by molar-refractivity contribution is 0.0913. The SMILES string of the molecule is BC(B)(O)CN(Cc1ccccc1)CC(B)(B)O. The molecule has 94 valence electrons. The minimum atomic E-state index is -0.764. The molecule has 2 N–H and O–H groups in total. The van der Waals surface area contributed by atoms with Gasteiger partial charge in [-0.25, -0.2) is 0 Å². The summed E-state index contributed by atoms with van der Waals surface area (Å²) < 4.78 is 0. The molecule has 0 amide bonds. The molecule has 0 heterocycles. The number of aliphatic hydroxyl groups is 2. The van der Waals surface area contributed by atoms with Crippen LogP contribution in [0.1, 0.15) is 5.56 Å². The average Bonchev–Trinajstić information content (AvgIpc) is 2.13. The Morgan fingerprint density at radius 3 is 1.72 bits per heavy atom. The zero-order chi connectivity index (χ0) is 13.8. The summed E-state index contributed by atoms with van der Waals surface area (Å²) >= 11 is 0. The third-order valence-electron chi connectivity index (χ3n) is 2.47. The molecule has 0 bridgehead atoms. The van der Waals surface area contributed by atoms with Crippen LogP contribution in [0.2, 0.25) is 0 Å². The molecule has 0 spiro atoms. The van der Waals surface area contributed by atoms with Crippen molar-refractivity contribution >= 4 is 31.4 Å². The lowest BCUT2D eigenvalue weighted by Crippen LogP contribution is -2.50. The summed E-state index contributed by atoms with van der Waals surface area (Å²) in [7, 11) is 7.15. The van der Waals surface area contributed by atoms with E-state index in [4.69, 9.17) is 0 Å². The topological polar surface area (TPSA) is 43.7 Å². The summed E-state index contributed by atoms with van der Waals surface area (Å²) in [5.74, 6) is 0. The Morgan fingerprint density at radius 1 is 0.889 bits per heavy atom. The minimum absolute atomic E-state index is 0.534. The molecule has 0 atom stereocenters. The van der Waals surface area contributed by atoms with Crippen molar-refractivity contribution in [2.45, 2.75) is 17.3 Å². The fraction of sp³-hybridized carbons (Fsp3) is 0.455. The summed E-state index contributed by atoms with van der Waals surface area (Å²) in [5, 5.41) is 18.4. The van der Waals surface area contributed by atoms with E-state index in [0.29, 0.717) is 13.1 Å². The fourth-order valence-electron chi connectivity index (χ4n) is 2.10. The first-order chi connectivity index (χ1) is 8.16. The second kappa shape index (κ2) is 6.00. The minimum Gasteiger partial charge on any atom is -0.406 e. The summed E-state index contributed by atoms with van der Waals surface area (Å²) in [6.45, 7) is 1.80. The van der Waals surface area contributed by atoms with E-state index in [-0.39, 0.29) is 0 Å². The van der Waals surface area contributed by atoms with Crippen LogP contribution < -0.4 is 0 Å². The molecule has 0 unspecified atom stereocenters. The molecule has 0 fully saturated rings.